The maximum atomic E-state index is 12.2. The summed E-state index contributed by atoms with van der Waals surface area (Å²) >= 11 is 3.34. The predicted molar refractivity (Wildman–Crippen MR) is 87.2 cm³/mol. The molecule has 2 aromatic rings. The number of amides is 3. The van der Waals surface area contributed by atoms with Crippen molar-refractivity contribution < 1.29 is 9.59 Å². The Morgan fingerprint density at radius 2 is 1.82 bits per heavy atom. The molecule has 1 fully saturated rings. The molecule has 0 bridgehead atoms. The molecule has 1 saturated heterocycles. The molecule has 1 atom stereocenters. The minimum Gasteiger partial charge on any atom is -0.306 e. The zero-order chi connectivity index (χ0) is 15.5. The summed E-state index contributed by atoms with van der Waals surface area (Å²) in [6.07, 6.45) is 0. The molecule has 112 valence electrons. The van der Waals surface area contributed by atoms with Gasteiger partial charge >= 0.3 is 6.03 Å². The Balaban J connectivity index is 1.67. The van der Waals surface area contributed by atoms with Crippen molar-refractivity contribution >= 4 is 33.6 Å². The van der Waals surface area contributed by atoms with Gasteiger partial charge in [-0.05, 0) is 29.8 Å². The van der Waals surface area contributed by atoms with Gasteiger partial charge in [-0.1, -0.05) is 46.3 Å². The van der Waals surface area contributed by atoms with Crippen LogP contribution in [0.3, 0.4) is 0 Å². The standard InChI is InChI=1S/C16H14BrN3O2/c17-12-6-8-13(9-7-12)18-16(22)20-10-14(15(21)19-20)11-4-2-1-3-5-11/h1-9,14H,10H2,(H,18,22)(H,19,21). The van der Waals surface area contributed by atoms with Gasteiger partial charge in [0.2, 0.25) is 5.91 Å². The van der Waals surface area contributed by atoms with Crippen molar-refractivity contribution in [3.8, 4) is 0 Å². The lowest BCUT2D eigenvalue weighted by atomic mass is 10.00. The number of anilines is 1. The number of nitrogens with zero attached hydrogens (tertiary/aromatic N) is 1. The van der Waals surface area contributed by atoms with Crippen LogP contribution in [0.15, 0.2) is 59.1 Å². The van der Waals surface area contributed by atoms with Crippen LogP contribution >= 0.6 is 15.9 Å². The van der Waals surface area contributed by atoms with E-state index in [2.05, 4.69) is 26.7 Å². The first-order valence-electron chi connectivity index (χ1n) is 6.83. The zero-order valence-electron chi connectivity index (χ0n) is 11.6. The van der Waals surface area contributed by atoms with E-state index < -0.39 is 0 Å². The van der Waals surface area contributed by atoms with E-state index in [1.165, 1.54) is 5.01 Å². The lowest BCUT2D eigenvalue weighted by molar-refractivity contribution is -0.121. The highest BCUT2D eigenvalue weighted by molar-refractivity contribution is 9.10. The number of benzene rings is 2. The van der Waals surface area contributed by atoms with Gasteiger partial charge in [0, 0.05) is 10.2 Å². The number of hydrazine groups is 1. The number of carbonyl (C=O) groups is 2. The van der Waals surface area contributed by atoms with E-state index in [1.54, 1.807) is 12.1 Å². The second-order valence-corrected chi connectivity index (χ2v) is 5.90. The number of hydrogen-bond acceptors (Lipinski definition) is 2. The van der Waals surface area contributed by atoms with E-state index in [-0.39, 0.29) is 17.9 Å². The molecule has 2 aromatic carbocycles. The van der Waals surface area contributed by atoms with Crippen molar-refractivity contribution in [1.82, 2.24) is 10.4 Å². The van der Waals surface area contributed by atoms with Crippen molar-refractivity contribution in [2.24, 2.45) is 0 Å². The third kappa shape index (κ3) is 3.12. The number of nitrogens with one attached hydrogen (secondary N) is 2. The molecular formula is C16H14BrN3O2. The van der Waals surface area contributed by atoms with Crippen LogP contribution in [0.25, 0.3) is 0 Å². The first-order chi connectivity index (χ1) is 10.6. The van der Waals surface area contributed by atoms with Crippen LogP contribution in [0.4, 0.5) is 10.5 Å². The molecule has 0 aliphatic carbocycles. The highest BCUT2D eigenvalue weighted by atomic mass is 79.9. The van der Waals surface area contributed by atoms with Crippen LogP contribution in [-0.4, -0.2) is 23.5 Å². The van der Waals surface area contributed by atoms with Gasteiger partial charge in [0.15, 0.2) is 0 Å². The van der Waals surface area contributed by atoms with Crippen LogP contribution < -0.4 is 10.7 Å². The molecule has 1 aliphatic rings. The van der Waals surface area contributed by atoms with Gasteiger partial charge in [-0.25, -0.2) is 9.80 Å². The van der Waals surface area contributed by atoms with E-state index in [0.717, 1.165) is 10.0 Å². The van der Waals surface area contributed by atoms with E-state index in [0.29, 0.717) is 12.2 Å². The Hall–Kier alpha value is -2.34. The van der Waals surface area contributed by atoms with Crippen molar-refractivity contribution in [2.45, 2.75) is 5.92 Å². The maximum Gasteiger partial charge on any atom is 0.340 e. The summed E-state index contributed by atoms with van der Waals surface area (Å²) in [5.74, 6) is -0.506. The van der Waals surface area contributed by atoms with Gasteiger partial charge in [0.05, 0.1) is 12.5 Å². The summed E-state index contributed by atoms with van der Waals surface area (Å²) in [6, 6.07) is 16.3. The fraction of sp³-hybridized carbons (Fsp3) is 0.125. The molecule has 5 nitrogen and oxygen atoms in total. The molecule has 2 N–H and O–H groups in total. The largest absolute Gasteiger partial charge is 0.340 e. The van der Waals surface area contributed by atoms with Gasteiger partial charge in [0.1, 0.15) is 0 Å². The van der Waals surface area contributed by atoms with Crippen molar-refractivity contribution in [1.29, 1.82) is 0 Å². The Labute approximate surface area is 136 Å². The second-order valence-electron chi connectivity index (χ2n) is 4.99. The van der Waals surface area contributed by atoms with E-state index in [4.69, 9.17) is 0 Å². The Morgan fingerprint density at radius 3 is 2.50 bits per heavy atom. The number of urea groups is 1. The van der Waals surface area contributed by atoms with E-state index >= 15 is 0 Å². The molecule has 3 rings (SSSR count). The van der Waals surface area contributed by atoms with Crippen LogP contribution in [0.1, 0.15) is 11.5 Å². The monoisotopic (exact) mass is 359 g/mol. The maximum absolute atomic E-state index is 12.2. The summed E-state index contributed by atoms with van der Waals surface area (Å²) in [6.45, 7) is 0.311. The molecule has 1 heterocycles. The molecule has 22 heavy (non-hydrogen) atoms. The fourth-order valence-corrected chi connectivity index (χ4v) is 2.59. The predicted octanol–water partition coefficient (Wildman–Crippen LogP) is 3.11. The van der Waals surface area contributed by atoms with Gasteiger partial charge < -0.3 is 5.32 Å². The first kappa shape index (κ1) is 14.6. The van der Waals surface area contributed by atoms with Gasteiger partial charge in [-0.15, -0.1) is 0 Å². The molecule has 0 saturated carbocycles. The minimum absolute atomic E-state index is 0.169. The number of halogens is 1. The highest BCUT2D eigenvalue weighted by Crippen LogP contribution is 2.22. The van der Waals surface area contributed by atoms with Crippen LogP contribution in [0.2, 0.25) is 0 Å². The third-order valence-corrected chi connectivity index (χ3v) is 4.00. The average molecular weight is 360 g/mol. The Morgan fingerprint density at radius 1 is 1.14 bits per heavy atom. The minimum atomic E-state index is -0.353. The molecule has 1 unspecified atom stereocenters. The normalized spacial score (nSPS) is 17.2. The van der Waals surface area contributed by atoms with Crippen molar-refractivity contribution in [3.63, 3.8) is 0 Å². The number of rotatable bonds is 2. The second kappa shape index (κ2) is 6.19. The SMILES string of the molecule is O=C1NN(C(=O)Nc2ccc(Br)cc2)CC1c1ccccc1. The number of hydrogen-bond donors (Lipinski definition) is 2. The van der Waals surface area contributed by atoms with Crippen LogP contribution in [0, 0.1) is 0 Å². The van der Waals surface area contributed by atoms with Crippen LogP contribution in [0.5, 0.6) is 0 Å². The van der Waals surface area contributed by atoms with Crippen molar-refractivity contribution in [2.75, 3.05) is 11.9 Å². The van der Waals surface area contributed by atoms with Gasteiger partial charge in [-0.3, -0.25) is 10.2 Å². The molecule has 0 aromatic heterocycles. The summed E-state index contributed by atoms with van der Waals surface area (Å²) in [5.41, 5.74) is 4.18. The average Bonchev–Trinajstić information content (AvgIpc) is 2.92. The molecule has 0 spiro atoms. The first-order valence-corrected chi connectivity index (χ1v) is 7.62. The van der Waals surface area contributed by atoms with Gasteiger partial charge in [0.25, 0.3) is 0 Å². The lowest BCUT2D eigenvalue weighted by Gasteiger charge is -2.16. The van der Waals surface area contributed by atoms with Crippen molar-refractivity contribution in [3.05, 3.63) is 64.6 Å². The van der Waals surface area contributed by atoms with E-state index in [9.17, 15) is 9.59 Å². The van der Waals surface area contributed by atoms with Crippen LogP contribution in [-0.2, 0) is 4.79 Å². The molecule has 3 amide bonds. The highest BCUT2D eigenvalue weighted by Gasteiger charge is 2.34. The lowest BCUT2D eigenvalue weighted by Crippen LogP contribution is -2.41. The molecule has 1 aliphatic heterocycles. The molecule has 0 radical (unpaired) electrons. The zero-order valence-corrected chi connectivity index (χ0v) is 13.2. The fourth-order valence-electron chi connectivity index (χ4n) is 2.32. The summed E-state index contributed by atoms with van der Waals surface area (Å²) in [7, 11) is 0. The Bertz CT molecular complexity index is 688. The topological polar surface area (TPSA) is 61.4 Å². The summed E-state index contributed by atoms with van der Waals surface area (Å²) in [5, 5.41) is 4.06. The summed E-state index contributed by atoms with van der Waals surface area (Å²) in [4.78, 5) is 24.3. The molecular weight excluding hydrogens is 346 g/mol. The summed E-state index contributed by atoms with van der Waals surface area (Å²) < 4.78 is 0.934. The third-order valence-electron chi connectivity index (χ3n) is 3.47. The quantitative estimate of drug-likeness (QED) is 0.865. The smallest absolute Gasteiger partial charge is 0.306 e. The Kier molecular flexibility index (Phi) is 4.11. The molecule has 6 heteroatoms. The number of carbonyl (C=O) groups excluding carboxylic acids is 2. The van der Waals surface area contributed by atoms with E-state index in [1.807, 2.05) is 42.5 Å². The van der Waals surface area contributed by atoms with Gasteiger partial charge in [-0.2, -0.15) is 0 Å².